The van der Waals surface area contributed by atoms with Crippen molar-refractivity contribution in [3.05, 3.63) is 30.3 Å². The molecule has 0 unspecified atom stereocenters. The van der Waals surface area contributed by atoms with Crippen molar-refractivity contribution < 1.29 is 0 Å². The molecular weight excluding hydrogens is 172 g/mol. The van der Waals surface area contributed by atoms with Gasteiger partial charge in [0.05, 0.1) is 0 Å². The SMILES string of the molecule is CNCCCCCNc1ccccc1. The largest absolute Gasteiger partial charge is 0.385 e. The summed E-state index contributed by atoms with van der Waals surface area (Å²) in [6.07, 6.45) is 3.81. The van der Waals surface area contributed by atoms with Gasteiger partial charge in [-0.15, -0.1) is 0 Å². The number of unbranched alkanes of at least 4 members (excludes halogenated alkanes) is 2. The van der Waals surface area contributed by atoms with Gasteiger partial charge in [0.15, 0.2) is 0 Å². The molecule has 0 atom stereocenters. The van der Waals surface area contributed by atoms with Crippen LogP contribution >= 0.6 is 0 Å². The van der Waals surface area contributed by atoms with Crippen LogP contribution in [0.2, 0.25) is 0 Å². The molecule has 0 spiro atoms. The summed E-state index contributed by atoms with van der Waals surface area (Å²) < 4.78 is 0. The molecule has 0 bridgehead atoms. The van der Waals surface area contributed by atoms with E-state index in [1.54, 1.807) is 0 Å². The van der Waals surface area contributed by atoms with E-state index in [2.05, 4.69) is 34.9 Å². The van der Waals surface area contributed by atoms with Crippen LogP contribution in [-0.4, -0.2) is 20.1 Å². The van der Waals surface area contributed by atoms with Crippen molar-refractivity contribution >= 4 is 5.69 Å². The molecule has 0 aliphatic carbocycles. The lowest BCUT2D eigenvalue weighted by Crippen LogP contribution is -2.08. The minimum absolute atomic E-state index is 1.08. The maximum absolute atomic E-state index is 3.40. The van der Waals surface area contributed by atoms with Gasteiger partial charge in [0.2, 0.25) is 0 Å². The minimum atomic E-state index is 1.08. The summed E-state index contributed by atoms with van der Waals surface area (Å²) in [7, 11) is 2.00. The number of nitrogens with one attached hydrogen (secondary N) is 2. The van der Waals surface area contributed by atoms with Crippen molar-refractivity contribution in [2.24, 2.45) is 0 Å². The zero-order valence-electron chi connectivity index (χ0n) is 8.92. The van der Waals surface area contributed by atoms with Gasteiger partial charge in [-0.25, -0.2) is 0 Å². The van der Waals surface area contributed by atoms with Crippen molar-refractivity contribution in [1.29, 1.82) is 0 Å². The number of para-hydroxylation sites is 1. The maximum Gasteiger partial charge on any atom is 0.0340 e. The first-order valence-corrected chi connectivity index (χ1v) is 5.37. The van der Waals surface area contributed by atoms with Crippen LogP contribution in [0.3, 0.4) is 0 Å². The number of hydrogen-bond acceptors (Lipinski definition) is 2. The molecule has 2 heteroatoms. The van der Waals surface area contributed by atoms with Crippen molar-refractivity contribution in [1.82, 2.24) is 5.32 Å². The Kier molecular flexibility index (Phi) is 5.84. The van der Waals surface area contributed by atoms with Crippen LogP contribution < -0.4 is 10.6 Å². The van der Waals surface area contributed by atoms with E-state index in [1.807, 2.05) is 13.1 Å². The maximum atomic E-state index is 3.40. The highest BCUT2D eigenvalue weighted by atomic mass is 14.9. The third kappa shape index (κ3) is 4.87. The topological polar surface area (TPSA) is 24.1 Å². The van der Waals surface area contributed by atoms with E-state index in [0.29, 0.717) is 0 Å². The molecule has 1 aromatic rings. The first-order chi connectivity index (χ1) is 6.93. The van der Waals surface area contributed by atoms with Crippen molar-refractivity contribution in [2.75, 3.05) is 25.5 Å². The van der Waals surface area contributed by atoms with Gasteiger partial charge >= 0.3 is 0 Å². The van der Waals surface area contributed by atoms with Gasteiger partial charge < -0.3 is 10.6 Å². The summed E-state index contributed by atoms with van der Waals surface area (Å²) in [5.74, 6) is 0. The molecule has 0 saturated heterocycles. The Morgan fingerprint density at radius 1 is 0.929 bits per heavy atom. The average Bonchev–Trinajstić information content (AvgIpc) is 2.25. The number of hydrogen-bond donors (Lipinski definition) is 2. The van der Waals surface area contributed by atoms with Crippen molar-refractivity contribution in [3.8, 4) is 0 Å². The Bertz CT molecular complexity index is 221. The first-order valence-electron chi connectivity index (χ1n) is 5.37. The van der Waals surface area contributed by atoms with Crippen LogP contribution in [0.25, 0.3) is 0 Å². The fourth-order valence-corrected chi connectivity index (χ4v) is 1.39. The summed E-state index contributed by atoms with van der Waals surface area (Å²) in [4.78, 5) is 0. The molecule has 78 valence electrons. The van der Waals surface area contributed by atoms with Gasteiger partial charge in [-0.1, -0.05) is 24.6 Å². The molecule has 2 nitrogen and oxygen atoms in total. The van der Waals surface area contributed by atoms with E-state index in [9.17, 15) is 0 Å². The van der Waals surface area contributed by atoms with Crippen LogP contribution in [0.15, 0.2) is 30.3 Å². The second-order valence-electron chi connectivity index (χ2n) is 3.46. The van der Waals surface area contributed by atoms with Gasteiger partial charge in [-0.2, -0.15) is 0 Å². The average molecular weight is 192 g/mol. The number of rotatable bonds is 7. The molecule has 2 N–H and O–H groups in total. The lowest BCUT2D eigenvalue weighted by atomic mass is 10.2. The zero-order valence-corrected chi connectivity index (χ0v) is 8.92. The fraction of sp³-hybridized carbons (Fsp3) is 0.500. The van der Waals surface area contributed by atoms with E-state index in [4.69, 9.17) is 0 Å². The lowest BCUT2D eigenvalue weighted by Gasteiger charge is -2.05. The molecule has 1 aromatic carbocycles. The molecule has 1 rings (SSSR count). The summed E-state index contributed by atoms with van der Waals surface area (Å²) in [6, 6.07) is 10.4. The fourth-order valence-electron chi connectivity index (χ4n) is 1.39. The molecule has 14 heavy (non-hydrogen) atoms. The Morgan fingerprint density at radius 3 is 2.36 bits per heavy atom. The van der Waals surface area contributed by atoms with Gasteiger partial charge in [0.1, 0.15) is 0 Å². The molecule has 0 saturated carbocycles. The minimum Gasteiger partial charge on any atom is -0.385 e. The number of benzene rings is 1. The van der Waals surface area contributed by atoms with Gasteiger partial charge in [0.25, 0.3) is 0 Å². The highest BCUT2D eigenvalue weighted by Crippen LogP contribution is 2.05. The molecule has 0 heterocycles. The molecular formula is C12H20N2. The summed E-state index contributed by atoms with van der Waals surface area (Å²) in [5.41, 5.74) is 1.22. The third-order valence-electron chi connectivity index (χ3n) is 2.21. The first kappa shape index (κ1) is 11.1. The van der Waals surface area contributed by atoms with Gasteiger partial charge in [0, 0.05) is 12.2 Å². The monoisotopic (exact) mass is 192 g/mol. The highest BCUT2D eigenvalue weighted by Gasteiger charge is 1.90. The quantitative estimate of drug-likeness (QED) is 0.649. The Balaban J connectivity index is 1.99. The summed E-state index contributed by atoms with van der Waals surface area (Å²) in [6.45, 7) is 2.21. The molecule has 0 amide bonds. The smallest absolute Gasteiger partial charge is 0.0340 e. The van der Waals surface area contributed by atoms with Crippen LogP contribution in [0, 0.1) is 0 Å². The predicted octanol–water partition coefficient (Wildman–Crippen LogP) is 2.49. The van der Waals surface area contributed by atoms with E-state index < -0.39 is 0 Å². The standard InChI is InChI=1S/C12H20N2/c1-13-10-6-3-7-11-14-12-8-4-2-5-9-12/h2,4-5,8-9,13-14H,3,6-7,10-11H2,1H3. The van der Waals surface area contributed by atoms with E-state index in [-0.39, 0.29) is 0 Å². The lowest BCUT2D eigenvalue weighted by molar-refractivity contribution is 0.655. The summed E-state index contributed by atoms with van der Waals surface area (Å²) in [5, 5.41) is 6.56. The van der Waals surface area contributed by atoms with Crippen LogP contribution in [0.1, 0.15) is 19.3 Å². The van der Waals surface area contributed by atoms with Gasteiger partial charge in [-0.05, 0) is 38.6 Å². The molecule has 0 aliphatic rings. The second kappa shape index (κ2) is 7.39. The van der Waals surface area contributed by atoms with Crippen LogP contribution in [-0.2, 0) is 0 Å². The van der Waals surface area contributed by atoms with Gasteiger partial charge in [-0.3, -0.25) is 0 Å². The molecule has 0 radical (unpaired) electrons. The normalized spacial score (nSPS) is 10.1. The molecule has 0 aromatic heterocycles. The van der Waals surface area contributed by atoms with E-state index >= 15 is 0 Å². The Hall–Kier alpha value is -1.02. The Morgan fingerprint density at radius 2 is 1.64 bits per heavy atom. The summed E-state index contributed by atoms with van der Waals surface area (Å²) >= 11 is 0. The predicted molar refractivity (Wildman–Crippen MR) is 62.7 cm³/mol. The third-order valence-corrected chi connectivity index (χ3v) is 2.21. The molecule has 0 aliphatic heterocycles. The van der Waals surface area contributed by atoms with Crippen molar-refractivity contribution in [3.63, 3.8) is 0 Å². The highest BCUT2D eigenvalue weighted by molar-refractivity contribution is 5.42. The van der Waals surface area contributed by atoms with E-state index in [0.717, 1.165) is 13.1 Å². The van der Waals surface area contributed by atoms with Crippen LogP contribution in [0.4, 0.5) is 5.69 Å². The number of anilines is 1. The zero-order chi connectivity index (χ0) is 10.1. The van der Waals surface area contributed by atoms with Crippen molar-refractivity contribution in [2.45, 2.75) is 19.3 Å². The Labute approximate surface area is 86.7 Å². The molecule has 0 fully saturated rings. The second-order valence-corrected chi connectivity index (χ2v) is 3.46. The van der Waals surface area contributed by atoms with Crippen LogP contribution in [0.5, 0.6) is 0 Å². The van der Waals surface area contributed by atoms with E-state index in [1.165, 1.54) is 24.9 Å².